The van der Waals surface area contributed by atoms with Gasteiger partial charge in [-0.05, 0) is 57.3 Å². The number of hydrogen-bond acceptors (Lipinski definition) is 10. The zero-order valence-corrected chi connectivity index (χ0v) is 34.0. The number of phosphoric ester groups is 1. The highest BCUT2D eigenvalue weighted by Gasteiger charge is 2.36. The van der Waals surface area contributed by atoms with Gasteiger partial charge in [0.2, 0.25) is 0 Å². The van der Waals surface area contributed by atoms with Crippen molar-refractivity contribution in [3.05, 3.63) is 36.5 Å². The van der Waals surface area contributed by atoms with E-state index in [4.69, 9.17) is 23.8 Å². The first-order valence-electron chi connectivity index (χ1n) is 20.5. The number of epoxide rings is 1. The van der Waals surface area contributed by atoms with Gasteiger partial charge in [0.15, 0.2) is 6.10 Å². The van der Waals surface area contributed by atoms with Crippen molar-refractivity contribution in [2.45, 2.75) is 180 Å². The maximum absolute atomic E-state index is 12.6. The molecule has 1 aliphatic rings. The third-order valence-electron chi connectivity index (χ3n) is 9.26. The Morgan fingerprint density at radius 2 is 1.38 bits per heavy atom. The second-order valence-corrected chi connectivity index (χ2v) is 15.7. The molecule has 53 heavy (non-hydrogen) atoms. The normalized spacial score (nSPS) is 18.8. The van der Waals surface area contributed by atoms with Gasteiger partial charge in [0.05, 0.1) is 32.0 Å². The first-order valence-corrected chi connectivity index (χ1v) is 22.0. The van der Waals surface area contributed by atoms with Gasteiger partial charge in [-0.3, -0.25) is 18.6 Å². The molecule has 0 radical (unpaired) electrons. The Hall–Kier alpha value is -1.85. The third-order valence-corrected chi connectivity index (χ3v) is 10.2. The van der Waals surface area contributed by atoms with Crippen molar-refractivity contribution in [2.24, 2.45) is 5.92 Å². The Balaban J connectivity index is 2.33. The van der Waals surface area contributed by atoms with E-state index in [2.05, 4.69) is 61.8 Å². The van der Waals surface area contributed by atoms with Crippen LogP contribution in [0.5, 0.6) is 0 Å². The van der Waals surface area contributed by atoms with Gasteiger partial charge in [-0.25, -0.2) is 4.57 Å². The van der Waals surface area contributed by atoms with E-state index in [1.54, 1.807) is 0 Å². The second kappa shape index (κ2) is 32.4. The van der Waals surface area contributed by atoms with Crippen molar-refractivity contribution in [1.82, 2.24) is 0 Å². The summed E-state index contributed by atoms with van der Waals surface area (Å²) in [4.78, 5) is 35.0. The molecule has 0 aromatic heterocycles. The predicted octanol–water partition coefficient (Wildman–Crippen LogP) is 9.23. The number of unbranched alkanes of at least 4 members (excludes halogenated alkanes) is 10. The van der Waals surface area contributed by atoms with Crippen LogP contribution in [0.25, 0.3) is 0 Å². The van der Waals surface area contributed by atoms with E-state index < -0.39 is 51.8 Å². The number of carbonyl (C=O) groups is 2. The Kier molecular flexibility index (Phi) is 30.1. The monoisotopic (exact) mass is 772 g/mol. The summed E-state index contributed by atoms with van der Waals surface area (Å²) < 4.78 is 38.4. The first-order chi connectivity index (χ1) is 25.6. The van der Waals surface area contributed by atoms with E-state index in [1.165, 1.54) is 57.8 Å². The summed E-state index contributed by atoms with van der Waals surface area (Å²) >= 11 is 0. The number of carbonyl (C=O) groups excluding carboxylic acids is 2. The van der Waals surface area contributed by atoms with E-state index >= 15 is 0 Å². The van der Waals surface area contributed by atoms with Gasteiger partial charge in [0, 0.05) is 12.8 Å². The molecular weight excluding hydrogens is 699 g/mol. The summed E-state index contributed by atoms with van der Waals surface area (Å²) in [5, 5.41) is 18.3. The largest absolute Gasteiger partial charge is 0.472 e. The van der Waals surface area contributed by atoms with Gasteiger partial charge in [-0.1, -0.05) is 128 Å². The lowest BCUT2D eigenvalue weighted by molar-refractivity contribution is -0.161. The van der Waals surface area contributed by atoms with Crippen LogP contribution in [0.4, 0.5) is 0 Å². The standard InChI is InChI=1S/C41H73O11P/c1-4-6-7-8-9-10-11-12-13-17-20-23-27-38-39(52-38)28-25-30-40(44)48-33-37(34-50-53(46,47)49-32-36(43)31-42)51-41(45)29-24-21-18-15-14-16-19-22-26-35(3)5-2/h9-10,12-13,20,23,35-39,42-43H,4-8,11,14-19,21-22,24-34H2,1-3H3,(H,46,47)/b10-9-,13-12-,23-20-/t35?,36-,37+,38?,39?/m0/s1. The lowest BCUT2D eigenvalue weighted by atomic mass is 9.99. The molecule has 0 spiro atoms. The summed E-state index contributed by atoms with van der Waals surface area (Å²) in [6, 6.07) is 0. The molecule has 0 aromatic rings. The minimum absolute atomic E-state index is 0.116. The van der Waals surface area contributed by atoms with Crippen LogP contribution in [-0.2, 0) is 37.4 Å². The van der Waals surface area contributed by atoms with E-state index in [-0.39, 0.29) is 31.7 Å². The van der Waals surface area contributed by atoms with Crippen LogP contribution in [-0.4, -0.2) is 77.9 Å². The van der Waals surface area contributed by atoms with Crippen molar-refractivity contribution in [3.8, 4) is 0 Å². The van der Waals surface area contributed by atoms with E-state index in [0.29, 0.717) is 12.8 Å². The smallest absolute Gasteiger partial charge is 0.462 e. The maximum Gasteiger partial charge on any atom is 0.472 e. The fraction of sp³-hybridized carbons (Fsp3) is 0.805. The Bertz CT molecular complexity index is 1060. The molecule has 1 rings (SSSR count). The highest BCUT2D eigenvalue weighted by Crippen LogP contribution is 2.43. The van der Waals surface area contributed by atoms with Crippen LogP contribution in [0, 0.1) is 5.92 Å². The second-order valence-electron chi connectivity index (χ2n) is 14.3. The van der Waals surface area contributed by atoms with Gasteiger partial charge in [0.25, 0.3) is 0 Å². The summed E-state index contributed by atoms with van der Waals surface area (Å²) in [6.07, 6.45) is 31.4. The molecule has 0 bridgehead atoms. The summed E-state index contributed by atoms with van der Waals surface area (Å²) in [6.45, 7) is 4.56. The number of hydrogen-bond donors (Lipinski definition) is 3. The van der Waals surface area contributed by atoms with Crippen molar-refractivity contribution in [3.63, 3.8) is 0 Å². The molecule has 0 saturated carbocycles. The maximum atomic E-state index is 12.6. The Morgan fingerprint density at radius 1 is 0.755 bits per heavy atom. The first kappa shape index (κ1) is 49.2. The van der Waals surface area contributed by atoms with Crippen molar-refractivity contribution < 1.29 is 52.5 Å². The fourth-order valence-electron chi connectivity index (χ4n) is 5.58. The Morgan fingerprint density at radius 3 is 2.06 bits per heavy atom. The lowest BCUT2D eigenvalue weighted by Crippen LogP contribution is -2.29. The average molecular weight is 773 g/mol. The molecule has 4 unspecified atom stereocenters. The molecule has 0 aliphatic carbocycles. The van der Waals surface area contributed by atoms with Gasteiger partial charge >= 0.3 is 19.8 Å². The van der Waals surface area contributed by atoms with Crippen LogP contribution in [0.1, 0.15) is 156 Å². The molecule has 0 aromatic carbocycles. The van der Waals surface area contributed by atoms with Crippen LogP contribution in [0.15, 0.2) is 36.5 Å². The van der Waals surface area contributed by atoms with Gasteiger partial charge in [0.1, 0.15) is 12.7 Å². The van der Waals surface area contributed by atoms with Crippen LogP contribution in [0.3, 0.4) is 0 Å². The zero-order chi connectivity index (χ0) is 39.0. The van der Waals surface area contributed by atoms with Crippen LogP contribution in [0.2, 0.25) is 0 Å². The SMILES string of the molecule is CCCCC/C=C\C/C=C\C/C=C\CC1OC1CCCC(=O)OC[C@H](COP(=O)(O)OC[C@@H](O)CO)OC(=O)CCCCCCCCCCC(C)CC. The van der Waals surface area contributed by atoms with Gasteiger partial charge in [-0.2, -0.15) is 0 Å². The molecule has 1 saturated heterocycles. The molecule has 1 aliphatic heterocycles. The number of aliphatic hydroxyl groups excluding tert-OH is 2. The Labute approximate surface area is 320 Å². The third kappa shape index (κ3) is 30.1. The number of allylic oxidation sites excluding steroid dienone is 5. The molecule has 3 N–H and O–H groups in total. The molecule has 12 heteroatoms. The molecule has 6 atom stereocenters. The topological polar surface area (TPSA) is 161 Å². The molecular formula is C41H73O11P. The van der Waals surface area contributed by atoms with Gasteiger partial charge in [-0.15, -0.1) is 0 Å². The number of rotatable bonds is 36. The van der Waals surface area contributed by atoms with Crippen LogP contribution >= 0.6 is 7.82 Å². The number of ether oxygens (including phenoxy) is 3. The number of esters is 2. The van der Waals surface area contributed by atoms with Crippen molar-refractivity contribution in [1.29, 1.82) is 0 Å². The highest BCUT2D eigenvalue weighted by molar-refractivity contribution is 7.47. The van der Waals surface area contributed by atoms with E-state index in [9.17, 15) is 24.2 Å². The van der Waals surface area contributed by atoms with E-state index in [0.717, 1.165) is 57.3 Å². The number of phosphoric acid groups is 1. The molecule has 1 heterocycles. The minimum atomic E-state index is -4.63. The summed E-state index contributed by atoms with van der Waals surface area (Å²) in [5.74, 6) is -0.202. The lowest BCUT2D eigenvalue weighted by Gasteiger charge is -2.20. The molecule has 1 fully saturated rings. The van der Waals surface area contributed by atoms with E-state index in [1.807, 2.05) is 0 Å². The summed E-state index contributed by atoms with van der Waals surface area (Å²) in [5.41, 5.74) is 0. The average Bonchev–Trinajstić information content (AvgIpc) is 3.90. The zero-order valence-electron chi connectivity index (χ0n) is 33.1. The summed E-state index contributed by atoms with van der Waals surface area (Å²) in [7, 11) is -4.63. The number of aliphatic hydroxyl groups is 2. The quantitative estimate of drug-likeness (QED) is 0.0183. The fourth-order valence-corrected chi connectivity index (χ4v) is 6.37. The molecule has 308 valence electrons. The van der Waals surface area contributed by atoms with Gasteiger partial charge < -0.3 is 29.3 Å². The van der Waals surface area contributed by atoms with Crippen molar-refractivity contribution in [2.75, 3.05) is 26.4 Å². The highest BCUT2D eigenvalue weighted by atomic mass is 31.2. The van der Waals surface area contributed by atoms with Crippen LogP contribution < -0.4 is 0 Å². The minimum Gasteiger partial charge on any atom is -0.462 e. The molecule has 11 nitrogen and oxygen atoms in total. The van der Waals surface area contributed by atoms with Crippen molar-refractivity contribution >= 4 is 19.8 Å². The predicted molar refractivity (Wildman–Crippen MR) is 209 cm³/mol. The molecule has 0 amide bonds.